The molecule has 0 aliphatic heterocycles. The molecule has 0 spiro atoms. The number of fused-ring (bicyclic) bond motifs is 5. The summed E-state index contributed by atoms with van der Waals surface area (Å²) in [6.07, 6.45) is 0.317. The van der Waals surface area contributed by atoms with Gasteiger partial charge in [0.25, 0.3) is 0 Å². The summed E-state index contributed by atoms with van der Waals surface area (Å²) in [7, 11) is 0. The van der Waals surface area contributed by atoms with Gasteiger partial charge in [-0.2, -0.15) is 0 Å². The lowest BCUT2D eigenvalue weighted by molar-refractivity contribution is 0.00901. The first-order valence-corrected chi connectivity index (χ1v) is 8.94. The van der Waals surface area contributed by atoms with E-state index in [0.29, 0.717) is 36.9 Å². The third kappa shape index (κ3) is 2.64. The molecular formula is C21H23NO4. The fourth-order valence-corrected chi connectivity index (χ4v) is 4.18. The second-order valence-electron chi connectivity index (χ2n) is 6.83. The number of hydrogen-bond donors (Lipinski definition) is 4. The van der Waals surface area contributed by atoms with E-state index in [1.807, 2.05) is 36.4 Å². The van der Waals surface area contributed by atoms with Crippen molar-refractivity contribution in [1.82, 2.24) is 0 Å². The number of benzene rings is 3. The molecule has 2 atom stereocenters. The maximum atomic E-state index is 10.9. The molecule has 0 aromatic heterocycles. The number of rotatable bonds is 4. The molecule has 136 valence electrons. The maximum absolute atomic E-state index is 10.9. The third-order valence-corrected chi connectivity index (χ3v) is 5.30. The molecule has 3 aromatic rings. The van der Waals surface area contributed by atoms with Crippen molar-refractivity contribution in [2.45, 2.75) is 31.7 Å². The lowest BCUT2D eigenvalue weighted by Gasteiger charge is -2.30. The van der Waals surface area contributed by atoms with Crippen molar-refractivity contribution >= 4 is 21.5 Å². The largest absolute Gasteiger partial charge is 0.507 e. The predicted molar refractivity (Wildman–Crippen MR) is 101 cm³/mol. The first-order valence-electron chi connectivity index (χ1n) is 8.94. The van der Waals surface area contributed by atoms with Crippen LogP contribution in [0.15, 0.2) is 36.4 Å². The molecule has 1 aliphatic carbocycles. The Bertz CT molecular complexity index is 969. The van der Waals surface area contributed by atoms with E-state index < -0.39 is 6.10 Å². The lowest BCUT2D eigenvalue weighted by Crippen LogP contribution is -2.27. The van der Waals surface area contributed by atoms with Crippen LogP contribution in [0.25, 0.3) is 21.5 Å². The van der Waals surface area contributed by atoms with E-state index in [9.17, 15) is 15.3 Å². The number of aliphatic hydroxyl groups excluding tert-OH is 2. The molecule has 2 unspecified atom stereocenters. The fraction of sp³-hybridized carbons (Fsp3) is 0.333. The van der Waals surface area contributed by atoms with Crippen molar-refractivity contribution < 1.29 is 20.1 Å². The Morgan fingerprint density at radius 1 is 1.08 bits per heavy atom. The van der Waals surface area contributed by atoms with E-state index in [0.717, 1.165) is 27.3 Å². The van der Waals surface area contributed by atoms with Crippen molar-refractivity contribution in [1.29, 1.82) is 0 Å². The molecule has 0 saturated carbocycles. The molecule has 0 heterocycles. The summed E-state index contributed by atoms with van der Waals surface area (Å²) in [6, 6.07) is 11.7. The van der Waals surface area contributed by atoms with Gasteiger partial charge < -0.3 is 25.8 Å². The summed E-state index contributed by atoms with van der Waals surface area (Å²) in [5, 5.41) is 34.9. The van der Waals surface area contributed by atoms with Crippen LogP contribution in [-0.4, -0.2) is 34.6 Å². The zero-order chi connectivity index (χ0) is 18.3. The van der Waals surface area contributed by atoms with Gasteiger partial charge in [-0.25, -0.2) is 0 Å². The van der Waals surface area contributed by atoms with Crippen LogP contribution in [0.1, 0.15) is 29.2 Å². The van der Waals surface area contributed by atoms with Crippen LogP contribution in [0, 0.1) is 0 Å². The van der Waals surface area contributed by atoms with Crippen molar-refractivity contribution in [2.24, 2.45) is 5.73 Å². The summed E-state index contributed by atoms with van der Waals surface area (Å²) in [6.45, 7) is 0.652. The standard InChI is InChI=1S/C21H23NO4/c22-7-8-26-13-9-12-5-6-16-14-3-1-2-4-15(14)17(11-23)21(25)20(16)19(12)18(24)10-13/h1-6,13,18,23-25H,7-11,22H2. The molecule has 5 N–H and O–H groups in total. The maximum Gasteiger partial charge on any atom is 0.129 e. The molecule has 0 radical (unpaired) electrons. The first kappa shape index (κ1) is 17.2. The van der Waals surface area contributed by atoms with E-state index in [4.69, 9.17) is 10.5 Å². The van der Waals surface area contributed by atoms with Gasteiger partial charge in [-0.05, 0) is 33.7 Å². The topological polar surface area (TPSA) is 95.9 Å². The van der Waals surface area contributed by atoms with Gasteiger partial charge in [0.1, 0.15) is 5.75 Å². The van der Waals surface area contributed by atoms with Gasteiger partial charge in [-0.3, -0.25) is 0 Å². The van der Waals surface area contributed by atoms with Crippen LogP contribution in [-0.2, 0) is 17.8 Å². The minimum atomic E-state index is -0.733. The molecule has 26 heavy (non-hydrogen) atoms. The highest BCUT2D eigenvalue weighted by molar-refractivity contribution is 6.13. The first-order chi connectivity index (χ1) is 12.7. The number of aliphatic hydroxyl groups is 2. The summed E-state index contributed by atoms with van der Waals surface area (Å²) in [5.74, 6) is 0.0541. The van der Waals surface area contributed by atoms with Gasteiger partial charge in [-0.15, -0.1) is 0 Å². The zero-order valence-electron chi connectivity index (χ0n) is 14.5. The van der Waals surface area contributed by atoms with E-state index in [1.165, 1.54) is 0 Å². The van der Waals surface area contributed by atoms with Crippen LogP contribution in [0.3, 0.4) is 0 Å². The normalized spacial score (nSPS) is 19.8. The second-order valence-corrected chi connectivity index (χ2v) is 6.83. The summed E-state index contributed by atoms with van der Waals surface area (Å²) < 4.78 is 5.73. The van der Waals surface area contributed by atoms with Crippen molar-refractivity contribution in [3.05, 3.63) is 53.1 Å². The van der Waals surface area contributed by atoms with Gasteiger partial charge >= 0.3 is 0 Å². The molecule has 5 nitrogen and oxygen atoms in total. The quantitative estimate of drug-likeness (QED) is 0.541. The second kappa shape index (κ2) is 6.85. The molecule has 4 rings (SSSR count). The lowest BCUT2D eigenvalue weighted by atomic mass is 9.82. The minimum Gasteiger partial charge on any atom is -0.507 e. The Hall–Kier alpha value is -2.18. The van der Waals surface area contributed by atoms with Gasteiger partial charge in [-0.1, -0.05) is 36.4 Å². The Morgan fingerprint density at radius 2 is 1.85 bits per heavy atom. The predicted octanol–water partition coefficient (Wildman–Crippen LogP) is 2.51. The monoisotopic (exact) mass is 353 g/mol. The zero-order valence-corrected chi connectivity index (χ0v) is 14.5. The molecule has 3 aromatic carbocycles. The number of aromatic hydroxyl groups is 1. The van der Waals surface area contributed by atoms with Gasteiger partial charge in [0.05, 0.1) is 25.4 Å². The average molecular weight is 353 g/mol. The Morgan fingerprint density at radius 3 is 2.58 bits per heavy atom. The highest BCUT2D eigenvalue weighted by atomic mass is 16.5. The number of ether oxygens (including phenoxy) is 1. The Balaban J connectivity index is 1.97. The van der Waals surface area contributed by atoms with Crippen molar-refractivity contribution in [2.75, 3.05) is 13.2 Å². The molecule has 0 amide bonds. The minimum absolute atomic E-state index is 0.0541. The van der Waals surface area contributed by atoms with Crippen LogP contribution in [0.2, 0.25) is 0 Å². The van der Waals surface area contributed by atoms with E-state index in [2.05, 4.69) is 0 Å². The summed E-state index contributed by atoms with van der Waals surface area (Å²) in [5.41, 5.74) is 7.71. The van der Waals surface area contributed by atoms with E-state index >= 15 is 0 Å². The number of phenols is 1. The molecule has 5 heteroatoms. The van der Waals surface area contributed by atoms with Crippen LogP contribution < -0.4 is 5.73 Å². The SMILES string of the molecule is NCCOC1Cc2ccc3c(c(O)c(CO)c4ccccc43)c2C(O)C1. The smallest absolute Gasteiger partial charge is 0.129 e. The Kier molecular flexibility index (Phi) is 4.54. The summed E-state index contributed by atoms with van der Waals surface area (Å²) in [4.78, 5) is 0. The highest BCUT2D eigenvalue weighted by Crippen LogP contribution is 2.44. The third-order valence-electron chi connectivity index (χ3n) is 5.30. The fourth-order valence-electron chi connectivity index (χ4n) is 4.18. The molecule has 0 bridgehead atoms. The number of nitrogens with two attached hydrogens (primary N) is 1. The van der Waals surface area contributed by atoms with Crippen LogP contribution in [0.5, 0.6) is 5.75 Å². The van der Waals surface area contributed by atoms with Crippen LogP contribution in [0.4, 0.5) is 0 Å². The molecule has 0 fully saturated rings. The molecule has 1 aliphatic rings. The van der Waals surface area contributed by atoms with Gasteiger partial charge in [0, 0.05) is 23.9 Å². The van der Waals surface area contributed by atoms with Crippen LogP contribution >= 0.6 is 0 Å². The molecular weight excluding hydrogens is 330 g/mol. The van der Waals surface area contributed by atoms with Crippen molar-refractivity contribution in [3.8, 4) is 5.75 Å². The average Bonchev–Trinajstić information content (AvgIpc) is 2.66. The van der Waals surface area contributed by atoms with Gasteiger partial charge in [0.2, 0.25) is 0 Å². The van der Waals surface area contributed by atoms with E-state index in [1.54, 1.807) is 0 Å². The van der Waals surface area contributed by atoms with E-state index in [-0.39, 0.29) is 18.5 Å². The Labute approximate surface area is 151 Å². The highest BCUT2D eigenvalue weighted by Gasteiger charge is 2.30. The molecule has 0 saturated heterocycles. The van der Waals surface area contributed by atoms with Gasteiger partial charge in [0.15, 0.2) is 0 Å². The summed E-state index contributed by atoms with van der Waals surface area (Å²) >= 11 is 0. The number of hydrogen-bond acceptors (Lipinski definition) is 5. The van der Waals surface area contributed by atoms with Crippen molar-refractivity contribution in [3.63, 3.8) is 0 Å².